The van der Waals surface area contributed by atoms with Crippen molar-refractivity contribution in [2.75, 3.05) is 23.8 Å². The Morgan fingerprint density at radius 1 is 1.07 bits per heavy atom. The number of nitrogens with zero attached hydrogens (tertiary/aromatic N) is 2. The summed E-state index contributed by atoms with van der Waals surface area (Å²) in [5.41, 5.74) is 0.262. The lowest BCUT2D eigenvalue weighted by atomic mass is 10.1. The van der Waals surface area contributed by atoms with E-state index in [2.05, 4.69) is 20.4 Å². The molecule has 2 N–H and O–H groups in total. The molecule has 2 bridgehead atoms. The molecule has 2 amide bonds. The van der Waals surface area contributed by atoms with Gasteiger partial charge in [-0.05, 0) is 55.8 Å². The Bertz CT molecular complexity index is 1410. The summed E-state index contributed by atoms with van der Waals surface area (Å²) >= 11 is 0. The number of alkyl halides is 3. The fourth-order valence-electron chi connectivity index (χ4n) is 4.81. The summed E-state index contributed by atoms with van der Waals surface area (Å²) < 4.78 is 75.7. The maximum Gasteiger partial charge on any atom is 0.573 e. The van der Waals surface area contributed by atoms with E-state index in [1.54, 1.807) is 6.92 Å². The lowest BCUT2D eigenvalue weighted by Gasteiger charge is -2.31. The quantitative estimate of drug-likeness (QED) is 0.395. The van der Waals surface area contributed by atoms with E-state index in [-0.39, 0.29) is 40.3 Å². The van der Waals surface area contributed by atoms with Crippen LogP contribution in [0.25, 0.3) is 11.3 Å². The van der Waals surface area contributed by atoms with Gasteiger partial charge in [0.25, 0.3) is 5.91 Å². The number of fused-ring (bicyclic) bond motifs is 2. The zero-order valence-corrected chi connectivity index (χ0v) is 21.0. The van der Waals surface area contributed by atoms with Crippen molar-refractivity contribution in [1.82, 2.24) is 9.88 Å². The Kier molecular flexibility index (Phi) is 7.43. The van der Waals surface area contributed by atoms with Gasteiger partial charge in [0.2, 0.25) is 5.91 Å². The average Bonchev–Trinajstić information content (AvgIpc) is 3.52. The highest BCUT2D eigenvalue weighted by molar-refractivity contribution is 6.05. The summed E-state index contributed by atoms with van der Waals surface area (Å²) in [4.78, 5) is 31.8. The second kappa shape index (κ2) is 10.8. The SMILES string of the molecule is C[C@@H](C(=O)Nc1cc(NC(=O)c2ccc(-c3cc(F)cc(F)c3)nc2)ccc1OC(F)(F)F)N1C[C@@H]2C[C@H]1CO2. The second-order valence-electron chi connectivity index (χ2n) is 9.51. The molecule has 2 aliphatic heterocycles. The van der Waals surface area contributed by atoms with Gasteiger partial charge in [-0.2, -0.15) is 0 Å². The van der Waals surface area contributed by atoms with Gasteiger partial charge in [-0.3, -0.25) is 19.5 Å². The van der Waals surface area contributed by atoms with Crippen LogP contribution in [0.5, 0.6) is 5.75 Å². The predicted octanol–water partition coefficient (Wildman–Crippen LogP) is 4.98. The van der Waals surface area contributed by atoms with Crippen LogP contribution in [0.4, 0.5) is 33.3 Å². The van der Waals surface area contributed by atoms with Crippen LogP contribution in [-0.2, 0) is 9.53 Å². The van der Waals surface area contributed by atoms with Gasteiger partial charge in [0, 0.05) is 36.1 Å². The van der Waals surface area contributed by atoms with E-state index in [0.717, 1.165) is 36.8 Å². The number of ether oxygens (including phenoxy) is 2. The van der Waals surface area contributed by atoms with Crippen LogP contribution in [0.1, 0.15) is 23.7 Å². The number of nitrogens with one attached hydrogen (secondary N) is 2. The Hall–Kier alpha value is -4.10. The van der Waals surface area contributed by atoms with Crippen molar-refractivity contribution >= 4 is 23.2 Å². The summed E-state index contributed by atoms with van der Waals surface area (Å²) in [5, 5.41) is 5.02. The van der Waals surface area contributed by atoms with Crippen molar-refractivity contribution in [3.05, 3.63) is 71.9 Å². The maximum absolute atomic E-state index is 13.5. The van der Waals surface area contributed by atoms with E-state index in [9.17, 15) is 31.5 Å². The van der Waals surface area contributed by atoms with Crippen molar-refractivity contribution in [3.63, 3.8) is 0 Å². The van der Waals surface area contributed by atoms with Crippen molar-refractivity contribution in [3.8, 4) is 17.0 Å². The van der Waals surface area contributed by atoms with Crippen molar-refractivity contribution in [2.24, 2.45) is 0 Å². The van der Waals surface area contributed by atoms with Crippen LogP contribution in [0, 0.1) is 11.6 Å². The second-order valence-corrected chi connectivity index (χ2v) is 9.51. The van der Waals surface area contributed by atoms with Gasteiger partial charge >= 0.3 is 6.36 Å². The van der Waals surface area contributed by atoms with Gasteiger partial charge in [0.1, 0.15) is 11.6 Å². The summed E-state index contributed by atoms with van der Waals surface area (Å²) in [6.07, 6.45) is -3.01. The van der Waals surface area contributed by atoms with Crippen LogP contribution in [0.2, 0.25) is 0 Å². The molecule has 8 nitrogen and oxygen atoms in total. The monoisotopic (exact) mass is 562 g/mol. The number of hydrogen-bond acceptors (Lipinski definition) is 6. The molecule has 0 aliphatic carbocycles. The first kappa shape index (κ1) is 27.5. The number of rotatable bonds is 7. The number of amides is 2. The molecule has 3 atom stereocenters. The van der Waals surface area contributed by atoms with E-state index in [1.165, 1.54) is 24.4 Å². The highest BCUT2D eigenvalue weighted by atomic mass is 19.4. The summed E-state index contributed by atoms with van der Waals surface area (Å²) in [5.74, 6) is -3.42. The highest BCUT2D eigenvalue weighted by Crippen LogP contribution is 2.34. The Labute approximate surface area is 225 Å². The van der Waals surface area contributed by atoms with Gasteiger partial charge in [0.05, 0.1) is 35.7 Å². The largest absolute Gasteiger partial charge is 0.573 e. The Morgan fingerprint density at radius 3 is 2.42 bits per heavy atom. The zero-order chi connectivity index (χ0) is 28.6. The summed E-state index contributed by atoms with van der Waals surface area (Å²) in [6.45, 7) is 2.68. The molecule has 13 heteroatoms. The molecule has 40 heavy (non-hydrogen) atoms. The molecule has 1 aromatic heterocycles. The van der Waals surface area contributed by atoms with E-state index < -0.39 is 41.6 Å². The zero-order valence-electron chi connectivity index (χ0n) is 21.0. The standard InChI is InChI=1S/C27H23F5N4O4/c1-14(36-12-21-10-20(36)13-39-21)25(37)35-23-9-19(3-5-24(23)40-27(30,31)32)34-26(38)15-2-4-22(33-11-15)16-6-17(28)8-18(29)7-16/h2-9,11,14,20-21H,10,12-13H2,1H3,(H,34,38)(H,35,37)/t14-,20-,21-/m0/s1. The van der Waals surface area contributed by atoms with E-state index in [1.807, 2.05) is 4.90 Å². The number of benzene rings is 2. The van der Waals surface area contributed by atoms with Gasteiger partial charge in [-0.1, -0.05) is 0 Å². The first-order valence-corrected chi connectivity index (χ1v) is 12.3. The van der Waals surface area contributed by atoms with Crippen molar-refractivity contribution < 1.29 is 41.0 Å². The number of carbonyl (C=O) groups excluding carboxylic acids is 2. The molecule has 3 heterocycles. The minimum absolute atomic E-state index is 0.0292. The molecule has 210 valence electrons. The van der Waals surface area contributed by atoms with Gasteiger partial charge in [0.15, 0.2) is 5.75 Å². The third-order valence-corrected chi connectivity index (χ3v) is 6.72. The molecule has 2 saturated heterocycles. The minimum atomic E-state index is -5.01. The smallest absolute Gasteiger partial charge is 0.404 e. The lowest BCUT2D eigenvalue weighted by Crippen LogP contribution is -2.48. The Balaban J connectivity index is 1.32. The van der Waals surface area contributed by atoms with Crippen molar-refractivity contribution in [2.45, 2.75) is 37.9 Å². The van der Waals surface area contributed by atoms with Gasteiger partial charge in [-0.25, -0.2) is 8.78 Å². The molecule has 2 aromatic carbocycles. The number of anilines is 2. The third-order valence-electron chi connectivity index (χ3n) is 6.72. The molecule has 2 fully saturated rings. The number of hydrogen-bond donors (Lipinski definition) is 2. The molecular formula is C27H23F5N4O4. The van der Waals surface area contributed by atoms with Gasteiger partial charge < -0.3 is 20.1 Å². The molecule has 0 unspecified atom stereocenters. The topological polar surface area (TPSA) is 92.8 Å². The highest BCUT2D eigenvalue weighted by Gasteiger charge is 2.43. The van der Waals surface area contributed by atoms with Crippen LogP contribution >= 0.6 is 0 Å². The van der Waals surface area contributed by atoms with Crippen LogP contribution < -0.4 is 15.4 Å². The van der Waals surface area contributed by atoms with Crippen LogP contribution in [-0.4, -0.2) is 59.4 Å². The van der Waals surface area contributed by atoms with Gasteiger partial charge in [-0.15, -0.1) is 13.2 Å². The number of aromatic nitrogens is 1. The number of carbonyl (C=O) groups is 2. The average molecular weight is 562 g/mol. The van der Waals surface area contributed by atoms with E-state index in [4.69, 9.17) is 4.74 Å². The fraction of sp³-hybridized carbons (Fsp3) is 0.296. The number of likely N-dealkylation sites (tertiary alicyclic amines) is 1. The first-order valence-electron chi connectivity index (χ1n) is 12.3. The van der Waals surface area contributed by atoms with E-state index in [0.29, 0.717) is 13.2 Å². The Morgan fingerprint density at radius 2 is 1.82 bits per heavy atom. The molecular weight excluding hydrogens is 539 g/mol. The number of halogens is 5. The van der Waals surface area contributed by atoms with Crippen LogP contribution in [0.15, 0.2) is 54.7 Å². The predicted molar refractivity (Wildman–Crippen MR) is 134 cm³/mol. The first-order chi connectivity index (χ1) is 18.9. The molecule has 2 aliphatic rings. The number of morpholine rings is 1. The molecule has 5 rings (SSSR count). The molecule has 0 radical (unpaired) electrons. The third kappa shape index (κ3) is 6.20. The summed E-state index contributed by atoms with van der Waals surface area (Å²) in [7, 11) is 0. The van der Waals surface area contributed by atoms with Crippen LogP contribution in [0.3, 0.4) is 0 Å². The molecule has 3 aromatic rings. The normalized spacial score (nSPS) is 19.4. The fourth-order valence-corrected chi connectivity index (χ4v) is 4.81. The molecule has 0 spiro atoms. The maximum atomic E-state index is 13.5. The lowest BCUT2D eigenvalue weighted by molar-refractivity contribution is -0.274. The van der Waals surface area contributed by atoms with E-state index >= 15 is 0 Å². The number of pyridine rings is 1. The summed E-state index contributed by atoms with van der Waals surface area (Å²) in [6, 6.07) is 8.41. The molecule has 0 saturated carbocycles. The van der Waals surface area contributed by atoms with Crippen molar-refractivity contribution in [1.29, 1.82) is 0 Å². The minimum Gasteiger partial charge on any atom is -0.404 e.